The van der Waals surface area contributed by atoms with Crippen molar-refractivity contribution in [1.29, 1.82) is 0 Å². The maximum absolute atomic E-state index is 12.0. The topological polar surface area (TPSA) is 87.5 Å². The number of rotatable bonds is 6. The van der Waals surface area contributed by atoms with Gasteiger partial charge in [-0.05, 0) is 13.8 Å². The molecule has 1 rings (SSSR count). The van der Waals surface area contributed by atoms with Crippen LogP contribution in [0, 0.1) is 0 Å². The Hall–Kier alpha value is -2.05. The lowest BCUT2D eigenvalue weighted by molar-refractivity contribution is -0.137. The molecule has 19 heavy (non-hydrogen) atoms. The normalized spacial score (nSPS) is 10.5. The fraction of sp³-hybridized carbons (Fsp3) is 0.583. The Morgan fingerprint density at radius 1 is 1.53 bits per heavy atom. The molecule has 106 valence electrons. The Bertz CT molecular complexity index is 442. The zero-order chi connectivity index (χ0) is 14.4. The van der Waals surface area contributed by atoms with E-state index >= 15 is 0 Å². The summed E-state index contributed by atoms with van der Waals surface area (Å²) in [4.78, 5) is 28.2. The fourth-order valence-electron chi connectivity index (χ4n) is 1.63. The number of hydrogen-bond acceptors (Lipinski definition) is 3. The molecule has 2 N–H and O–H groups in total. The maximum Gasteiger partial charge on any atom is 0.318 e. The third-order valence-electron chi connectivity index (χ3n) is 2.77. The SMILES string of the molecule is CC(C)N(CCC(=O)O)C(=O)NCc1nccn1C. The minimum absolute atomic E-state index is 0.0549. The largest absolute Gasteiger partial charge is 0.481 e. The highest BCUT2D eigenvalue weighted by atomic mass is 16.4. The summed E-state index contributed by atoms with van der Waals surface area (Å²) in [6, 6.07) is -0.333. The van der Waals surface area contributed by atoms with Crippen LogP contribution in [0.15, 0.2) is 12.4 Å². The molecule has 0 aliphatic rings. The van der Waals surface area contributed by atoms with E-state index in [0.717, 1.165) is 5.82 Å². The highest BCUT2D eigenvalue weighted by Gasteiger charge is 2.17. The number of carboxylic acids is 1. The average Bonchev–Trinajstić information content (AvgIpc) is 2.71. The number of nitrogens with one attached hydrogen (secondary N) is 1. The molecule has 0 fully saturated rings. The second-order valence-electron chi connectivity index (χ2n) is 4.54. The molecule has 1 heterocycles. The molecule has 7 heteroatoms. The number of aryl methyl sites for hydroxylation is 1. The molecule has 0 spiro atoms. The van der Waals surface area contributed by atoms with Crippen molar-refractivity contribution in [3.05, 3.63) is 18.2 Å². The third-order valence-corrected chi connectivity index (χ3v) is 2.77. The Labute approximate surface area is 112 Å². The minimum Gasteiger partial charge on any atom is -0.481 e. The Morgan fingerprint density at radius 3 is 2.68 bits per heavy atom. The van der Waals surface area contributed by atoms with Crippen molar-refractivity contribution in [2.45, 2.75) is 32.9 Å². The van der Waals surface area contributed by atoms with Crippen molar-refractivity contribution in [3.8, 4) is 0 Å². The van der Waals surface area contributed by atoms with Crippen molar-refractivity contribution in [3.63, 3.8) is 0 Å². The van der Waals surface area contributed by atoms with Crippen molar-refractivity contribution in [1.82, 2.24) is 19.8 Å². The number of carbonyl (C=O) groups excluding carboxylic acids is 1. The van der Waals surface area contributed by atoms with Crippen LogP contribution in [-0.2, 0) is 18.4 Å². The van der Waals surface area contributed by atoms with Crippen molar-refractivity contribution in [2.75, 3.05) is 6.54 Å². The molecule has 0 unspecified atom stereocenters. The molecule has 7 nitrogen and oxygen atoms in total. The zero-order valence-corrected chi connectivity index (χ0v) is 11.5. The lowest BCUT2D eigenvalue weighted by atomic mass is 10.3. The van der Waals surface area contributed by atoms with E-state index in [1.54, 1.807) is 12.4 Å². The van der Waals surface area contributed by atoms with Gasteiger partial charge < -0.3 is 19.9 Å². The monoisotopic (exact) mass is 268 g/mol. The summed E-state index contributed by atoms with van der Waals surface area (Å²) >= 11 is 0. The molecule has 0 saturated carbocycles. The zero-order valence-electron chi connectivity index (χ0n) is 11.5. The molecule has 1 aromatic rings. The lowest BCUT2D eigenvalue weighted by Crippen LogP contribution is -2.44. The van der Waals surface area contributed by atoms with E-state index in [9.17, 15) is 9.59 Å². The summed E-state index contributed by atoms with van der Waals surface area (Å²) in [7, 11) is 1.85. The van der Waals surface area contributed by atoms with Gasteiger partial charge in [-0.25, -0.2) is 9.78 Å². The number of imidazole rings is 1. The van der Waals surface area contributed by atoms with E-state index in [4.69, 9.17) is 5.11 Å². The van der Waals surface area contributed by atoms with Gasteiger partial charge in [0.15, 0.2) is 0 Å². The van der Waals surface area contributed by atoms with Crippen LogP contribution in [0.25, 0.3) is 0 Å². The van der Waals surface area contributed by atoms with Crippen LogP contribution >= 0.6 is 0 Å². The van der Waals surface area contributed by atoms with Gasteiger partial charge in [0, 0.05) is 32.0 Å². The molecule has 2 amide bonds. The first-order valence-corrected chi connectivity index (χ1v) is 6.14. The van der Waals surface area contributed by atoms with Gasteiger partial charge >= 0.3 is 12.0 Å². The summed E-state index contributed by atoms with van der Waals surface area (Å²) in [5.41, 5.74) is 0. The second-order valence-corrected chi connectivity index (χ2v) is 4.54. The molecule has 1 aromatic heterocycles. The van der Waals surface area contributed by atoms with Crippen LogP contribution in [0.3, 0.4) is 0 Å². The first-order chi connectivity index (χ1) is 8.91. The van der Waals surface area contributed by atoms with E-state index in [1.807, 2.05) is 25.5 Å². The summed E-state index contributed by atoms with van der Waals surface area (Å²) in [6.45, 7) is 4.21. The Balaban J connectivity index is 2.52. The summed E-state index contributed by atoms with van der Waals surface area (Å²) in [5, 5.41) is 11.4. The number of carboxylic acid groups (broad SMARTS) is 1. The second kappa shape index (κ2) is 6.77. The number of nitrogens with zero attached hydrogens (tertiary/aromatic N) is 3. The van der Waals surface area contributed by atoms with Crippen LogP contribution in [0.1, 0.15) is 26.1 Å². The van der Waals surface area contributed by atoms with E-state index < -0.39 is 5.97 Å². The van der Waals surface area contributed by atoms with Crippen LogP contribution in [0.5, 0.6) is 0 Å². The smallest absolute Gasteiger partial charge is 0.318 e. The average molecular weight is 268 g/mol. The highest BCUT2D eigenvalue weighted by Crippen LogP contribution is 2.02. The molecule has 0 aliphatic heterocycles. The lowest BCUT2D eigenvalue weighted by Gasteiger charge is -2.26. The van der Waals surface area contributed by atoms with Crippen molar-refractivity contribution >= 4 is 12.0 Å². The number of amides is 2. The number of hydrogen-bond donors (Lipinski definition) is 2. The predicted molar refractivity (Wildman–Crippen MR) is 69.5 cm³/mol. The first-order valence-electron chi connectivity index (χ1n) is 6.14. The molecule has 0 bridgehead atoms. The van der Waals surface area contributed by atoms with Gasteiger partial charge in [0.25, 0.3) is 0 Å². The van der Waals surface area contributed by atoms with Crippen molar-refractivity contribution in [2.24, 2.45) is 7.05 Å². The summed E-state index contributed by atoms with van der Waals surface area (Å²) in [5.74, 6) is -0.169. The van der Waals surface area contributed by atoms with Gasteiger partial charge in [-0.3, -0.25) is 4.79 Å². The summed E-state index contributed by atoms with van der Waals surface area (Å²) in [6.07, 6.45) is 3.40. The van der Waals surface area contributed by atoms with Gasteiger partial charge in [0.05, 0.1) is 13.0 Å². The standard InChI is InChI=1S/C12H20N4O3/c1-9(2)16(6-4-11(17)18)12(19)14-8-10-13-5-7-15(10)3/h5,7,9H,4,6,8H2,1-3H3,(H,14,19)(H,17,18). The van der Waals surface area contributed by atoms with Crippen LogP contribution in [-0.4, -0.2) is 44.1 Å². The van der Waals surface area contributed by atoms with Crippen molar-refractivity contribution < 1.29 is 14.7 Å². The third kappa shape index (κ3) is 4.61. The van der Waals surface area contributed by atoms with E-state index in [-0.39, 0.29) is 25.0 Å². The van der Waals surface area contributed by atoms with E-state index in [2.05, 4.69) is 10.3 Å². The molecule has 0 radical (unpaired) electrons. The quantitative estimate of drug-likeness (QED) is 0.799. The van der Waals surface area contributed by atoms with E-state index in [0.29, 0.717) is 6.54 Å². The van der Waals surface area contributed by atoms with Gasteiger partial charge in [0.2, 0.25) is 0 Å². The maximum atomic E-state index is 12.0. The molecule has 0 atom stereocenters. The highest BCUT2D eigenvalue weighted by molar-refractivity contribution is 5.75. The Morgan fingerprint density at radius 2 is 2.21 bits per heavy atom. The van der Waals surface area contributed by atoms with Gasteiger partial charge in [-0.15, -0.1) is 0 Å². The van der Waals surface area contributed by atoms with Gasteiger partial charge in [-0.2, -0.15) is 0 Å². The summed E-state index contributed by atoms with van der Waals surface area (Å²) < 4.78 is 1.82. The molecular formula is C12H20N4O3. The molecule has 0 saturated heterocycles. The predicted octanol–water partition coefficient (Wildman–Crippen LogP) is 0.815. The number of aromatic nitrogens is 2. The minimum atomic E-state index is -0.914. The van der Waals surface area contributed by atoms with Gasteiger partial charge in [-0.1, -0.05) is 0 Å². The molecule has 0 aliphatic carbocycles. The van der Waals surface area contributed by atoms with Crippen LogP contribution < -0.4 is 5.32 Å². The first kappa shape index (κ1) is 15.0. The van der Waals surface area contributed by atoms with Crippen LogP contribution in [0.2, 0.25) is 0 Å². The molecule has 0 aromatic carbocycles. The van der Waals surface area contributed by atoms with Gasteiger partial charge in [0.1, 0.15) is 5.82 Å². The fourth-order valence-corrected chi connectivity index (χ4v) is 1.63. The Kier molecular flexibility index (Phi) is 5.35. The molecular weight excluding hydrogens is 248 g/mol. The number of carbonyl (C=O) groups is 2. The number of aliphatic carboxylic acids is 1. The number of urea groups is 1. The van der Waals surface area contributed by atoms with Crippen LogP contribution in [0.4, 0.5) is 4.79 Å². The van der Waals surface area contributed by atoms with E-state index in [1.165, 1.54) is 4.90 Å².